The predicted octanol–water partition coefficient (Wildman–Crippen LogP) is 0.552. The summed E-state index contributed by atoms with van der Waals surface area (Å²) >= 11 is 1.57. The number of nitrogens with zero attached hydrogens (tertiary/aromatic N) is 1. The molecule has 0 amide bonds. The summed E-state index contributed by atoms with van der Waals surface area (Å²) in [6, 6.07) is 0. The lowest BCUT2D eigenvalue weighted by Gasteiger charge is -2.22. The van der Waals surface area contributed by atoms with Gasteiger partial charge in [-0.05, 0) is 6.92 Å². The van der Waals surface area contributed by atoms with E-state index in [-0.39, 0.29) is 11.9 Å². The van der Waals surface area contributed by atoms with E-state index < -0.39 is 0 Å². The summed E-state index contributed by atoms with van der Waals surface area (Å²) < 4.78 is 5.38. The molecule has 0 saturated carbocycles. The quantitative estimate of drug-likeness (QED) is 0.818. The van der Waals surface area contributed by atoms with Crippen LogP contribution in [0.3, 0.4) is 0 Å². The van der Waals surface area contributed by atoms with Crippen LogP contribution < -0.4 is 5.32 Å². The maximum atomic E-state index is 11.8. The summed E-state index contributed by atoms with van der Waals surface area (Å²) in [4.78, 5) is 16.0. The SMILES string of the molecule is Cc1nc(CC(=O)C2CNCCO2)cs1. The Morgan fingerprint density at radius 2 is 2.67 bits per heavy atom. The van der Waals surface area contributed by atoms with Crippen molar-refractivity contribution >= 4 is 17.1 Å². The predicted molar refractivity (Wildman–Crippen MR) is 58.2 cm³/mol. The lowest BCUT2D eigenvalue weighted by Crippen LogP contribution is -2.43. The van der Waals surface area contributed by atoms with Crippen molar-refractivity contribution in [2.24, 2.45) is 0 Å². The van der Waals surface area contributed by atoms with E-state index in [1.165, 1.54) is 0 Å². The average Bonchev–Trinajstić information content (AvgIpc) is 2.65. The molecule has 0 aromatic carbocycles. The zero-order valence-electron chi connectivity index (χ0n) is 8.66. The van der Waals surface area contributed by atoms with Gasteiger partial charge in [-0.1, -0.05) is 0 Å². The fourth-order valence-corrected chi connectivity index (χ4v) is 2.17. The van der Waals surface area contributed by atoms with Crippen LogP contribution in [-0.4, -0.2) is 36.6 Å². The molecular formula is C10H14N2O2S. The Bertz CT molecular complexity index is 345. The number of thiazole rings is 1. The topological polar surface area (TPSA) is 51.2 Å². The van der Waals surface area contributed by atoms with E-state index in [4.69, 9.17) is 4.74 Å². The van der Waals surface area contributed by atoms with E-state index in [0.717, 1.165) is 17.2 Å². The molecular weight excluding hydrogens is 212 g/mol. The van der Waals surface area contributed by atoms with E-state index in [9.17, 15) is 4.79 Å². The maximum absolute atomic E-state index is 11.8. The third-order valence-electron chi connectivity index (χ3n) is 2.31. The number of aromatic nitrogens is 1. The van der Waals surface area contributed by atoms with Gasteiger partial charge in [-0.2, -0.15) is 0 Å². The number of carbonyl (C=O) groups excluding carboxylic acids is 1. The minimum atomic E-state index is -0.291. The molecule has 2 heterocycles. The van der Waals surface area contributed by atoms with Gasteiger partial charge in [0.05, 0.1) is 23.7 Å². The van der Waals surface area contributed by atoms with Crippen LogP contribution in [0.15, 0.2) is 5.38 Å². The first kappa shape index (κ1) is 10.7. The highest BCUT2D eigenvalue weighted by molar-refractivity contribution is 7.09. The van der Waals surface area contributed by atoms with Crippen LogP contribution in [0.2, 0.25) is 0 Å². The van der Waals surface area contributed by atoms with Gasteiger partial charge in [-0.3, -0.25) is 4.79 Å². The molecule has 1 aromatic rings. The van der Waals surface area contributed by atoms with Crippen LogP contribution in [0.25, 0.3) is 0 Å². The third kappa shape index (κ3) is 2.84. The number of ether oxygens (including phenoxy) is 1. The first-order valence-corrected chi connectivity index (χ1v) is 5.90. The Kier molecular flexibility index (Phi) is 3.45. The highest BCUT2D eigenvalue weighted by atomic mass is 32.1. The largest absolute Gasteiger partial charge is 0.368 e. The molecule has 1 aliphatic rings. The number of Topliss-reactive ketones (excluding diaryl/α,β-unsaturated/α-hetero) is 1. The molecule has 0 radical (unpaired) electrons. The Morgan fingerprint density at radius 1 is 1.80 bits per heavy atom. The molecule has 0 aliphatic carbocycles. The molecule has 5 heteroatoms. The van der Waals surface area contributed by atoms with E-state index in [0.29, 0.717) is 19.6 Å². The van der Waals surface area contributed by atoms with Gasteiger partial charge in [0, 0.05) is 18.5 Å². The lowest BCUT2D eigenvalue weighted by atomic mass is 10.1. The fourth-order valence-electron chi connectivity index (χ4n) is 1.55. The van der Waals surface area contributed by atoms with Gasteiger partial charge >= 0.3 is 0 Å². The Balaban J connectivity index is 1.91. The third-order valence-corrected chi connectivity index (χ3v) is 3.13. The Morgan fingerprint density at radius 3 is 3.27 bits per heavy atom. The minimum Gasteiger partial charge on any atom is -0.368 e. The van der Waals surface area contributed by atoms with Crippen LogP contribution in [0, 0.1) is 6.92 Å². The smallest absolute Gasteiger partial charge is 0.168 e. The normalized spacial score (nSPS) is 21.5. The van der Waals surface area contributed by atoms with E-state index in [1.807, 2.05) is 12.3 Å². The maximum Gasteiger partial charge on any atom is 0.168 e. The van der Waals surface area contributed by atoms with E-state index in [1.54, 1.807) is 11.3 Å². The van der Waals surface area contributed by atoms with Crippen molar-refractivity contribution in [3.8, 4) is 0 Å². The molecule has 1 atom stereocenters. The number of hydrogen-bond acceptors (Lipinski definition) is 5. The van der Waals surface area contributed by atoms with Crippen molar-refractivity contribution in [2.75, 3.05) is 19.7 Å². The summed E-state index contributed by atoms with van der Waals surface area (Å²) in [6.45, 7) is 4.02. The van der Waals surface area contributed by atoms with Crippen LogP contribution >= 0.6 is 11.3 Å². The van der Waals surface area contributed by atoms with Crippen molar-refractivity contribution in [1.29, 1.82) is 0 Å². The second kappa shape index (κ2) is 4.83. The number of aryl methyl sites for hydroxylation is 1. The van der Waals surface area contributed by atoms with Crippen LogP contribution in [0.5, 0.6) is 0 Å². The van der Waals surface area contributed by atoms with Crippen LogP contribution in [0.4, 0.5) is 0 Å². The highest BCUT2D eigenvalue weighted by Crippen LogP contribution is 2.10. The van der Waals surface area contributed by atoms with Gasteiger partial charge in [0.15, 0.2) is 5.78 Å². The molecule has 1 fully saturated rings. The second-order valence-corrected chi connectivity index (χ2v) is 4.63. The first-order valence-electron chi connectivity index (χ1n) is 5.02. The van der Waals surface area contributed by atoms with Crippen molar-refractivity contribution in [3.63, 3.8) is 0 Å². The van der Waals surface area contributed by atoms with Crippen molar-refractivity contribution in [1.82, 2.24) is 10.3 Å². The van der Waals surface area contributed by atoms with E-state index in [2.05, 4.69) is 10.3 Å². The molecule has 82 valence electrons. The van der Waals surface area contributed by atoms with Gasteiger partial charge in [-0.25, -0.2) is 4.98 Å². The van der Waals surface area contributed by atoms with E-state index >= 15 is 0 Å². The molecule has 0 spiro atoms. The Labute approximate surface area is 92.7 Å². The molecule has 0 bridgehead atoms. The van der Waals surface area contributed by atoms with Crippen molar-refractivity contribution in [3.05, 3.63) is 16.1 Å². The number of hydrogen-bond donors (Lipinski definition) is 1. The molecule has 2 rings (SSSR count). The average molecular weight is 226 g/mol. The standard InChI is InChI=1S/C10H14N2O2S/c1-7-12-8(6-15-7)4-9(13)10-5-11-2-3-14-10/h6,10-11H,2-5H2,1H3. The van der Waals surface area contributed by atoms with Crippen LogP contribution in [-0.2, 0) is 16.0 Å². The summed E-state index contributed by atoms with van der Waals surface area (Å²) in [5.74, 6) is 0.118. The fraction of sp³-hybridized carbons (Fsp3) is 0.600. The first-order chi connectivity index (χ1) is 7.25. The van der Waals surface area contributed by atoms with Gasteiger partial charge in [0.2, 0.25) is 0 Å². The molecule has 1 saturated heterocycles. The monoisotopic (exact) mass is 226 g/mol. The highest BCUT2D eigenvalue weighted by Gasteiger charge is 2.22. The van der Waals surface area contributed by atoms with Gasteiger partial charge in [0.25, 0.3) is 0 Å². The number of nitrogens with one attached hydrogen (secondary N) is 1. The van der Waals surface area contributed by atoms with Crippen molar-refractivity contribution in [2.45, 2.75) is 19.4 Å². The summed E-state index contributed by atoms with van der Waals surface area (Å²) in [5, 5.41) is 6.08. The molecule has 15 heavy (non-hydrogen) atoms. The number of carbonyl (C=O) groups is 1. The second-order valence-electron chi connectivity index (χ2n) is 3.56. The van der Waals surface area contributed by atoms with Gasteiger partial charge < -0.3 is 10.1 Å². The van der Waals surface area contributed by atoms with Gasteiger partial charge in [-0.15, -0.1) is 11.3 Å². The van der Waals surface area contributed by atoms with Crippen LogP contribution in [0.1, 0.15) is 10.7 Å². The molecule has 1 aliphatic heterocycles. The zero-order valence-corrected chi connectivity index (χ0v) is 9.47. The number of ketones is 1. The molecule has 1 N–H and O–H groups in total. The number of rotatable bonds is 3. The molecule has 1 unspecified atom stereocenters. The Hall–Kier alpha value is -0.780. The lowest BCUT2D eigenvalue weighted by molar-refractivity contribution is -0.131. The van der Waals surface area contributed by atoms with Gasteiger partial charge in [0.1, 0.15) is 6.10 Å². The molecule has 1 aromatic heterocycles. The zero-order chi connectivity index (χ0) is 10.7. The minimum absolute atomic E-state index is 0.118. The van der Waals surface area contributed by atoms with Crippen molar-refractivity contribution < 1.29 is 9.53 Å². The molecule has 4 nitrogen and oxygen atoms in total. The number of morpholine rings is 1. The summed E-state index contributed by atoms with van der Waals surface area (Å²) in [5.41, 5.74) is 0.858. The summed E-state index contributed by atoms with van der Waals surface area (Å²) in [6.07, 6.45) is 0.0946. The summed E-state index contributed by atoms with van der Waals surface area (Å²) in [7, 11) is 0.